The molecule has 1 aromatic carbocycles. The van der Waals surface area contributed by atoms with Crippen molar-refractivity contribution in [1.29, 1.82) is 5.26 Å². The van der Waals surface area contributed by atoms with Gasteiger partial charge in [-0.3, -0.25) is 4.68 Å². The molecule has 2 aromatic rings. The zero-order chi connectivity index (χ0) is 12.4. The van der Waals surface area contributed by atoms with Crippen LogP contribution in [0.3, 0.4) is 0 Å². The van der Waals surface area contributed by atoms with E-state index in [0.29, 0.717) is 10.2 Å². The summed E-state index contributed by atoms with van der Waals surface area (Å²) in [6.07, 6.45) is 0. The first-order valence-electron chi connectivity index (χ1n) is 4.94. The Bertz CT molecular complexity index is 581. The van der Waals surface area contributed by atoms with Crippen LogP contribution in [0.25, 0.3) is 11.3 Å². The lowest BCUT2D eigenvalue weighted by Gasteiger charge is -2.04. The number of ether oxygens (including phenoxy) is 1. The highest BCUT2D eigenvalue weighted by molar-refractivity contribution is 9.10. The second-order valence-corrected chi connectivity index (χ2v) is 4.27. The van der Waals surface area contributed by atoms with Gasteiger partial charge in [0.1, 0.15) is 11.8 Å². The van der Waals surface area contributed by atoms with E-state index >= 15 is 0 Å². The molecule has 1 aromatic heterocycles. The number of hydrogen-bond donors (Lipinski definition) is 0. The molecule has 1 heterocycles. The van der Waals surface area contributed by atoms with E-state index in [1.54, 1.807) is 11.8 Å². The van der Waals surface area contributed by atoms with Gasteiger partial charge in [-0.1, -0.05) is 0 Å². The molecule has 17 heavy (non-hydrogen) atoms. The lowest BCUT2D eigenvalue weighted by atomic mass is 10.1. The lowest BCUT2D eigenvalue weighted by Crippen LogP contribution is -1.94. The molecule has 0 amide bonds. The summed E-state index contributed by atoms with van der Waals surface area (Å²) in [7, 11) is 3.44. The smallest absolute Gasteiger partial charge is 0.177 e. The van der Waals surface area contributed by atoms with E-state index in [0.717, 1.165) is 17.0 Å². The van der Waals surface area contributed by atoms with E-state index < -0.39 is 0 Å². The molecule has 0 aliphatic carbocycles. The maximum Gasteiger partial charge on any atom is 0.177 e. The first-order chi connectivity index (χ1) is 8.17. The second kappa shape index (κ2) is 4.60. The highest BCUT2D eigenvalue weighted by atomic mass is 79.9. The average molecular weight is 292 g/mol. The van der Waals surface area contributed by atoms with Crippen molar-refractivity contribution in [2.75, 3.05) is 7.11 Å². The second-order valence-electron chi connectivity index (χ2n) is 3.48. The summed E-state index contributed by atoms with van der Waals surface area (Å²) in [6, 6.07) is 9.66. The summed E-state index contributed by atoms with van der Waals surface area (Å²) in [5, 5.41) is 13.0. The normalized spacial score (nSPS) is 10.0. The van der Waals surface area contributed by atoms with Crippen molar-refractivity contribution in [3.05, 3.63) is 34.4 Å². The molecule has 0 saturated heterocycles. The predicted octanol–water partition coefficient (Wildman–Crippen LogP) is 2.73. The zero-order valence-electron chi connectivity index (χ0n) is 9.44. The molecule has 0 saturated carbocycles. The molecule has 0 N–H and O–H groups in total. The average Bonchev–Trinajstić information content (AvgIpc) is 2.64. The molecular formula is C12H10BrN3O. The molecule has 4 nitrogen and oxygen atoms in total. The number of benzene rings is 1. The predicted molar refractivity (Wildman–Crippen MR) is 67.6 cm³/mol. The Labute approximate surface area is 108 Å². The molecule has 0 fully saturated rings. The first-order valence-corrected chi connectivity index (χ1v) is 5.73. The van der Waals surface area contributed by atoms with Gasteiger partial charge >= 0.3 is 0 Å². The van der Waals surface area contributed by atoms with E-state index in [1.165, 1.54) is 0 Å². The number of aryl methyl sites for hydroxylation is 1. The molecule has 0 radical (unpaired) electrons. The third-order valence-corrected chi connectivity index (χ3v) is 3.21. The van der Waals surface area contributed by atoms with Crippen molar-refractivity contribution < 1.29 is 4.74 Å². The third-order valence-electron chi connectivity index (χ3n) is 2.46. The molecule has 0 atom stereocenters. The summed E-state index contributed by atoms with van der Waals surface area (Å²) in [6.45, 7) is 0. The zero-order valence-corrected chi connectivity index (χ0v) is 11.0. The van der Waals surface area contributed by atoms with Crippen molar-refractivity contribution in [2.24, 2.45) is 7.05 Å². The Kier molecular flexibility index (Phi) is 3.16. The van der Waals surface area contributed by atoms with Crippen LogP contribution >= 0.6 is 15.9 Å². The van der Waals surface area contributed by atoms with Crippen molar-refractivity contribution in [2.45, 2.75) is 0 Å². The highest BCUT2D eigenvalue weighted by Gasteiger charge is 2.14. The minimum atomic E-state index is 0.387. The van der Waals surface area contributed by atoms with E-state index in [1.807, 2.05) is 37.4 Å². The van der Waals surface area contributed by atoms with Gasteiger partial charge in [0.2, 0.25) is 0 Å². The summed E-state index contributed by atoms with van der Waals surface area (Å²) >= 11 is 3.40. The standard InChI is InChI=1S/C12H10BrN3O/c1-16-12(11(13)10(7-14)15-16)8-3-5-9(17-2)6-4-8/h3-6H,1-2H3. The van der Waals surface area contributed by atoms with E-state index in [2.05, 4.69) is 21.0 Å². The van der Waals surface area contributed by atoms with Gasteiger partial charge in [-0.25, -0.2) is 0 Å². The molecule has 0 bridgehead atoms. The van der Waals surface area contributed by atoms with Crippen molar-refractivity contribution in [3.8, 4) is 23.1 Å². The van der Waals surface area contributed by atoms with Crippen LogP contribution in [0.2, 0.25) is 0 Å². The van der Waals surface area contributed by atoms with Crippen LogP contribution in [0.4, 0.5) is 0 Å². The fourth-order valence-electron chi connectivity index (χ4n) is 1.63. The van der Waals surface area contributed by atoms with Gasteiger partial charge in [-0.05, 0) is 40.2 Å². The lowest BCUT2D eigenvalue weighted by molar-refractivity contribution is 0.415. The van der Waals surface area contributed by atoms with Crippen molar-refractivity contribution >= 4 is 15.9 Å². The molecule has 5 heteroatoms. The minimum absolute atomic E-state index is 0.387. The van der Waals surface area contributed by atoms with Crippen LogP contribution in [-0.2, 0) is 7.05 Å². The molecule has 0 spiro atoms. The highest BCUT2D eigenvalue weighted by Crippen LogP contribution is 2.31. The van der Waals surface area contributed by atoms with Crippen LogP contribution in [0.1, 0.15) is 5.69 Å². The number of rotatable bonds is 2. The van der Waals surface area contributed by atoms with Gasteiger partial charge < -0.3 is 4.74 Å². The maximum atomic E-state index is 8.91. The monoisotopic (exact) mass is 291 g/mol. The Hall–Kier alpha value is -1.80. The van der Waals surface area contributed by atoms with Crippen molar-refractivity contribution in [3.63, 3.8) is 0 Å². The van der Waals surface area contributed by atoms with E-state index in [4.69, 9.17) is 10.00 Å². The Balaban J connectivity index is 2.53. The van der Waals surface area contributed by atoms with Crippen LogP contribution in [0.5, 0.6) is 5.75 Å². The van der Waals surface area contributed by atoms with Gasteiger partial charge in [-0.15, -0.1) is 0 Å². The number of aromatic nitrogens is 2. The van der Waals surface area contributed by atoms with Crippen LogP contribution in [-0.4, -0.2) is 16.9 Å². The number of halogens is 1. The number of hydrogen-bond acceptors (Lipinski definition) is 3. The van der Waals surface area contributed by atoms with Crippen molar-refractivity contribution in [1.82, 2.24) is 9.78 Å². The summed E-state index contributed by atoms with van der Waals surface area (Å²) in [5.74, 6) is 0.799. The quantitative estimate of drug-likeness (QED) is 0.855. The molecule has 86 valence electrons. The number of methoxy groups -OCH3 is 1. The van der Waals surface area contributed by atoms with Crippen LogP contribution in [0, 0.1) is 11.3 Å². The Morgan fingerprint density at radius 1 is 1.35 bits per heavy atom. The Morgan fingerprint density at radius 3 is 2.47 bits per heavy atom. The fraction of sp³-hybridized carbons (Fsp3) is 0.167. The molecular weight excluding hydrogens is 282 g/mol. The largest absolute Gasteiger partial charge is 0.497 e. The third kappa shape index (κ3) is 2.04. The van der Waals surface area contributed by atoms with Crippen LogP contribution in [0.15, 0.2) is 28.7 Å². The molecule has 0 unspecified atom stereocenters. The molecule has 2 rings (SSSR count). The first kappa shape index (κ1) is 11.7. The number of nitriles is 1. The maximum absolute atomic E-state index is 8.91. The van der Waals surface area contributed by atoms with Gasteiger partial charge in [0.15, 0.2) is 5.69 Å². The Morgan fingerprint density at radius 2 is 2.00 bits per heavy atom. The van der Waals surface area contributed by atoms with Gasteiger partial charge in [-0.2, -0.15) is 10.4 Å². The van der Waals surface area contributed by atoms with E-state index in [-0.39, 0.29) is 0 Å². The van der Waals surface area contributed by atoms with E-state index in [9.17, 15) is 0 Å². The summed E-state index contributed by atoms with van der Waals surface area (Å²) in [5.41, 5.74) is 2.25. The number of nitrogens with zero attached hydrogens (tertiary/aromatic N) is 3. The molecule has 0 aliphatic rings. The fourth-order valence-corrected chi connectivity index (χ4v) is 2.29. The van der Waals surface area contributed by atoms with Crippen LogP contribution < -0.4 is 4.74 Å². The SMILES string of the molecule is COc1ccc(-c2c(Br)c(C#N)nn2C)cc1. The minimum Gasteiger partial charge on any atom is -0.497 e. The van der Waals surface area contributed by atoms with Gasteiger partial charge in [0.25, 0.3) is 0 Å². The topological polar surface area (TPSA) is 50.8 Å². The van der Waals surface area contributed by atoms with Gasteiger partial charge in [0.05, 0.1) is 17.3 Å². The molecule has 0 aliphatic heterocycles. The summed E-state index contributed by atoms with van der Waals surface area (Å²) < 4.78 is 7.51. The van der Waals surface area contributed by atoms with Gasteiger partial charge in [0, 0.05) is 12.6 Å². The summed E-state index contributed by atoms with van der Waals surface area (Å²) in [4.78, 5) is 0.